The fourth-order valence-electron chi connectivity index (χ4n) is 4.35. The van der Waals surface area contributed by atoms with Crippen LogP contribution in [0, 0.1) is 11.8 Å². The first kappa shape index (κ1) is 27.8. The second-order valence-corrected chi connectivity index (χ2v) is 10.4. The summed E-state index contributed by atoms with van der Waals surface area (Å²) in [5, 5.41) is 26.2. The quantitative estimate of drug-likeness (QED) is 0.435. The van der Waals surface area contributed by atoms with Gasteiger partial charge < -0.3 is 15.3 Å². The van der Waals surface area contributed by atoms with E-state index >= 15 is 0 Å². The second kappa shape index (κ2) is 12.9. The largest absolute Gasteiger partial charge is 0.372 e. The van der Waals surface area contributed by atoms with E-state index in [0.29, 0.717) is 49.4 Å². The smallest absolute Gasteiger partial charge is 0.322 e. The van der Waals surface area contributed by atoms with Gasteiger partial charge in [0.15, 0.2) is 12.0 Å². The molecule has 0 spiro atoms. The van der Waals surface area contributed by atoms with Crippen molar-refractivity contribution in [2.24, 2.45) is 11.8 Å². The van der Waals surface area contributed by atoms with Crippen molar-refractivity contribution < 1.29 is 9.90 Å². The summed E-state index contributed by atoms with van der Waals surface area (Å²) < 4.78 is 0. The standard InChI is InChI=1S/C28H42N6O2/c1-19(2)16-23-17-24(27(35)34-15-13-29-25(18-34)21(5)20(3)4)31-32-26(23)30-28(36)33(6)14-12-22-10-8-7-9-11-22/h7-11,17,19-20,25,27,29,35H,5,12-16,18H2,1-4,6H3,(H,30,32,36)/t25-,27?/m1/s1. The molecule has 2 amide bonds. The number of hydrogen-bond acceptors (Lipinski definition) is 6. The highest BCUT2D eigenvalue weighted by Gasteiger charge is 2.29. The van der Waals surface area contributed by atoms with Crippen molar-refractivity contribution in [2.45, 2.75) is 52.8 Å². The van der Waals surface area contributed by atoms with Crippen LogP contribution in [0.25, 0.3) is 0 Å². The van der Waals surface area contributed by atoms with Crippen LogP contribution in [0.4, 0.5) is 10.6 Å². The Hall–Kier alpha value is -2.81. The van der Waals surface area contributed by atoms with Crippen LogP contribution in [0.1, 0.15) is 50.7 Å². The Morgan fingerprint density at radius 2 is 1.97 bits per heavy atom. The normalized spacial score (nSPS) is 17.3. The van der Waals surface area contributed by atoms with E-state index in [1.165, 1.54) is 5.56 Å². The monoisotopic (exact) mass is 494 g/mol. The fraction of sp³-hybridized carbons (Fsp3) is 0.536. The molecule has 8 nitrogen and oxygen atoms in total. The minimum Gasteiger partial charge on any atom is -0.372 e. The van der Waals surface area contributed by atoms with Crippen LogP contribution < -0.4 is 10.6 Å². The van der Waals surface area contributed by atoms with Gasteiger partial charge >= 0.3 is 6.03 Å². The molecule has 2 aromatic rings. The first-order valence-electron chi connectivity index (χ1n) is 12.9. The van der Waals surface area contributed by atoms with Crippen LogP contribution in [-0.4, -0.2) is 70.4 Å². The van der Waals surface area contributed by atoms with Crippen molar-refractivity contribution in [1.29, 1.82) is 0 Å². The van der Waals surface area contributed by atoms with Crippen molar-refractivity contribution >= 4 is 11.8 Å². The Morgan fingerprint density at radius 3 is 2.64 bits per heavy atom. The maximum Gasteiger partial charge on any atom is 0.322 e. The van der Waals surface area contributed by atoms with E-state index in [1.54, 1.807) is 11.9 Å². The number of nitrogens with one attached hydrogen (secondary N) is 2. The minimum absolute atomic E-state index is 0.126. The van der Waals surface area contributed by atoms with Gasteiger partial charge in [0.1, 0.15) is 5.69 Å². The zero-order valence-corrected chi connectivity index (χ0v) is 22.4. The molecular weight excluding hydrogens is 452 g/mol. The Kier molecular flexibility index (Phi) is 9.98. The number of benzene rings is 1. The van der Waals surface area contributed by atoms with Gasteiger partial charge in [-0.05, 0) is 41.9 Å². The van der Waals surface area contributed by atoms with Gasteiger partial charge in [-0.2, -0.15) is 0 Å². The number of aromatic nitrogens is 2. The first-order chi connectivity index (χ1) is 17.2. The van der Waals surface area contributed by atoms with Crippen molar-refractivity contribution in [3.05, 3.63) is 65.4 Å². The molecule has 1 unspecified atom stereocenters. The summed E-state index contributed by atoms with van der Waals surface area (Å²) in [6, 6.07) is 11.9. The van der Waals surface area contributed by atoms with Gasteiger partial charge in [0.2, 0.25) is 0 Å². The van der Waals surface area contributed by atoms with Crippen LogP contribution in [0.5, 0.6) is 0 Å². The molecule has 36 heavy (non-hydrogen) atoms. The van der Waals surface area contributed by atoms with E-state index in [9.17, 15) is 9.90 Å². The third kappa shape index (κ3) is 7.59. The zero-order chi connectivity index (χ0) is 26.2. The highest BCUT2D eigenvalue weighted by atomic mass is 16.3. The average molecular weight is 495 g/mol. The predicted molar refractivity (Wildman–Crippen MR) is 145 cm³/mol. The Balaban J connectivity index is 1.69. The lowest BCUT2D eigenvalue weighted by Crippen LogP contribution is -2.52. The number of piperazine rings is 1. The predicted octanol–water partition coefficient (Wildman–Crippen LogP) is 3.86. The van der Waals surface area contributed by atoms with Crippen LogP contribution in [0.3, 0.4) is 0 Å². The third-order valence-corrected chi connectivity index (χ3v) is 6.68. The number of carbonyl (C=O) groups excluding carboxylic acids is 1. The van der Waals surface area contributed by atoms with Crippen molar-refractivity contribution in [2.75, 3.05) is 38.5 Å². The molecule has 3 N–H and O–H groups in total. The highest BCUT2D eigenvalue weighted by molar-refractivity contribution is 5.88. The molecule has 1 saturated heterocycles. The summed E-state index contributed by atoms with van der Waals surface area (Å²) in [5.41, 5.74) is 3.69. The van der Waals surface area contributed by atoms with Gasteiger partial charge in [-0.15, -0.1) is 10.2 Å². The van der Waals surface area contributed by atoms with E-state index < -0.39 is 6.23 Å². The summed E-state index contributed by atoms with van der Waals surface area (Å²) >= 11 is 0. The number of aliphatic hydroxyl groups excluding tert-OH is 1. The van der Waals surface area contributed by atoms with Gasteiger partial charge in [0, 0.05) is 39.3 Å². The lowest BCUT2D eigenvalue weighted by Gasteiger charge is -2.38. The third-order valence-electron chi connectivity index (χ3n) is 6.68. The molecule has 1 aliphatic heterocycles. The number of likely N-dealkylation sites (N-methyl/N-ethyl adjacent to an activating group) is 1. The maximum atomic E-state index is 12.9. The molecule has 3 rings (SSSR count). The number of carbonyl (C=O) groups is 1. The minimum atomic E-state index is -0.869. The van der Waals surface area contributed by atoms with Crippen molar-refractivity contribution in [3.63, 3.8) is 0 Å². The van der Waals surface area contributed by atoms with E-state index in [-0.39, 0.29) is 12.1 Å². The molecule has 0 saturated carbocycles. The van der Waals surface area contributed by atoms with E-state index in [4.69, 9.17) is 0 Å². The van der Waals surface area contributed by atoms with Gasteiger partial charge in [0.25, 0.3) is 0 Å². The first-order valence-corrected chi connectivity index (χ1v) is 12.9. The molecule has 0 aliphatic carbocycles. The second-order valence-electron chi connectivity index (χ2n) is 10.4. The lowest BCUT2D eigenvalue weighted by molar-refractivity contribution is -0.0164. The topological polar surface area (TPSA) is 93.6 Å². The summed E-state index contributed by atoms with van der Waals surface area (Å²) in [4.78, 5) is 16.5. The molecule has 2 atom stereocenters. The molecular formula is C28H42N6O2. The van der Waals surface area contributed by atoms with Crippen molar-refractivity contribution in [3.8, 4) is 0 Å². The van der Waals surface area contributed by atoms with E-state index in [0.717, 1.165) is 24.1 Å². The zero-order valence-electron chi connectivity index (χ0n) is 22.4. The van der Waals surface area contributed by atoms with E-state index in [1.807, 2.05) is 29.2 Å². The Labute approximate surface area is 215 Å². The Bertz CT molecular complexity index is 1010. The number of anilines is 1. The average Bonchev–Trinajstić information content (AvgIpc) is 2.87. The van der Waals surface area contributed by atoms with Crippen LogP contribution in [0.2, 0.25) is 0 Å². The van der Waals surface area contributed by atoms with Gasteiger partial charge in [-0.3, -0.25) is 10.2 Å². The molecule has 1 fully saturated rings. The van der Waals surface area contributed by atoms with Crippen LogP contribution in [-0.2, 0) is 12.8 Å². The molecule has 0 radical (unpaired) electrons. The number of rotatable bonds is 10. The van der Waals surface area contributed by atoms with Gasteiger partial charge in [-0.1, -0.05) is 70.2 Å². The molecule has 0 bridgehead atoms. The summed E-state index contributed by atoms with van der Waals surface area (Å²) in [6.07, 6.45) is 0.619. The molecule has 1 aliphatic rings. The number of hydrogen-bond donors (Lipinski definition) is 3. The number of urea groups is 1. The van der Waals surface area contributed by atoms with Gasteiger partial charge in [0.05, 0.1) is 0 Å². The molecule has 1 aromatic heterocycles. The Morgan fingerprint density at radius 1 is 1.25 bits per heavy atom. The highest BCUT2D eigenvalue weighted by Crippen LogP contribution is 2.25. The van der Waals surface area contributed by atoms with Crippen LogP contribution >= 0.6 is 0 Å². The molecule has 1 aromatic carbocycles. The SMILES string of the molecule is C=C(C(C)C)[C@H]1CN(C(O)c2cc(CC(C)C)c(NC(=O)N(C)CCc3ccccc3)nn2)CCN1. The van der Waals surface area contributed by atoms with Crippen molar-refractivity contribution in [1.82, 2.24) is 25.3 Å². The van der Waals surface area contributed by atoms with Gasteiger partial charge in [-0.25, -0.2) is 4.79 Å². The van der Waals surface area contributed by atoms with Crippen LogP contribution in [0.15, 0.2) is 48.6 Å². The number of nitrogens with zero attached hydrogens (tertiary/aromatic N) is 4. The lowest BCUT2D eigenvalue weighted by atomic mass is 9.95. The number of aliphatic hydroxyl groups is 1. The molecule has 2 heterocycles. The maximum absolute atomic E-state index is 12.9. The summed E-state index contributed by atoms with van der Waals surface area (Å²) in [6.45, 7) is 15.5. The fourth-order valence-corrected chi connectivity index (χ4v) is 4.35. The molecule has 8 heteroatoms. The number of amides is 2. The molecule has 196 valence electrons. The summed E-state index contributed by atoms with van der Waals surface area (Å²) in [5.74, 6) is 1.16. The summed E-state index contributed by atoms with van der Waals surface area (Å²) in [7, 11) is 1.78. The van der Waals surface area contributed by atoms with E-state index in [2.05, 4.69) is 67.2 Å².